The molecule has 0 saturated carbocycles. The SMILES string of the molecule is Cc1nn(C)cc1CN(C)C(=O)[C@@H](C)n1ncc(Cl)c1C. The number of nitrogens with zero attached hydrogens (tertiary/aromatic N) is 5. The van der Waals surface area contributed by atoms with Gasteiger partial charge in [-0.15, -0.1) is 0 Å². The summed E-state index contributed by atoms with van der Waals surface area (Å²) in [6, 6.07) is -0.389. The molecule has 114 valence electrons. The number of carbonyl (C=O) groups excluding carboxylic acids is 1. The molecule has 1 atom stereocenters. The normalized spacial score (nSPS) is 12.5. The number of hydrogen-bond donors (Lipinski definition) is 0. The monoisotopic (exact) mass is 309 g/mol. The van der Waals surface area contributed by atoms with Crippen LogP contribution in [0.15, 0.2) is 12.4 Å². The number of aryl methyl sites for hydroxylation is 2. The molecule has 0 fully saturated rings. The van der Waals surface area contributed by atoms with Gasteiger partial charge in [0.1, 0.15) is 6.04 Å². The van der Waals surface area contributed by atoms with Gasteiger partial charge in [0.05, 0.1) is 22.6 Å². The van der Waals surface area contributed by atoms with Crippen LogP contribution in [0.4, 0.5) is 0 Å². The van der Waals surface area contributed by atoms with E-state index in [1.165, 1.54) is 0 Å². The molecule has 2 rings (SSSR count). The van der Waals surface area contributed by atoms with Crippen molar-refractivity contribution in [2.75, 3.05) is 7.05 Å². The van der Waals surface area contributed by atoms with Crippen molar-refractivity contribution >= 4 is 17.5 Å². The highest BCUT2D eigenvalue weighted by atomic mass is 35.5. The van der Waals surface area contributed by atoms with Crippen LogP contribution in [0, 0.1) is 13.8 Å². The highest BCUT2D eigenvalue weighted by molar-refractivity contribution is 6.31. The summed E-state index contributed by atoms with van der Waals surface area (Å²) in [5.74, 6) is -0.0129. The van der Waals surface area contributed by atoms with Crippen LogP contribution in [0.3, 0.4) is 0 Å². The largest absolute Gasteiger partial charge is 0.339 e. The number of carbonyl (C=O) groups is 1. The van der Waals surface area contributed by atoms with Crippen molar-refractivity contribution in [3.8, 4) is 0 Å². The predicted molar refractivity (Wildman–Crippen MR) is 81.1 cm³/mol. The van der Waals surface area contributed by atoms with Gasteiger partial charge in [-0.2, -0.15) is 10.2 Å². The van der Waals surface area contributed by atoms with Gasteiger partial charge >= 0.3 is 0 Å². The lowest BCUT2D eigenvalue weighted by atomic mass is 10.2. The van der Waals surface area contributed by atoms with Crippen molar-refractivity contribution in [3.05, 3.63) is 34.4 Å². The molecule has 0 aromatic carbocycles. The molecule has 6 nitrogen and oxygen atoms in total. The Morgan fingerprint density at radius 3 is 2.62 bits per heavy atom. The second-order valence-electron chi connectivity index (χ2n) is 5.31. The van der Waals surface area contributed by atoms with E-state index in [2.05, 4.69) is 10.2 Å². The van der Waals surface area contributed by atoms with Crippen molar-refractivity contribution in [2.24, 2.45) is 7.05 Å². The van der Waals surface area contributed by atoms with Crippen molar-refractivity contribution < 1.29 is 4.79 Å². The van der Waals surface area contributed by atoms with E-state index in [1.54, 1.807) is 27.5 Å². The molecule has 0 unspecified atom stereocenters. The zero-order chi connectivity index (χ0) is 15.7. The Hall–Kier alpha value is -1.82. The summed E-state index contributed by atoms with van der Waals surface area (Å²) in [4.78, 5) is 14.2. The molecule has 2 aromatic rings. The van der Waals surface area contributed by atoms with E-state index in [9.17, 15) is 4.79 Å². The van der Waals surface area contributed by atoms with Gasteiger partial charge in [0.25, 0.3) is 0 Å². The molecule has 0 aliphatic carbocycles. The van der Waals surface area contributed by atoms with Crippen LogP contribution in [0.2, 0.25) is 5.02 Å². The summed E-state index contributed by atoms with van der Waals surface area (Å²) >= 11 is 5.99. The number of rotatable bonds is 4. The quantitative estimate of drug-likeness (QED) is 0.869. The lowest BCUT2D eigenvalue weighted by Crippen LogP contribution is -2.33. The van der Waals surface area contributed by atoms with Gasteiger partial charge in [0, 0.05) is 32.4 Å². The summed E-state index contributed by atoms with van der Waals surface area (Å²) in [5, 5.41) is 9.03. The zero-order valence-corrected chi connectivity index (χ0v) is 13.7. The Kier molecular flexibility index (Phi) is 4.37. The Morgan fingerprint density at radius 1 is 1.48 bits per heavy atom. The van der Waals surface area contributed by atoms with Gasteiger partial charge in [-0.05, 0) is 20.8 Å². The number of halogens is 1. The lowest BCUT2D eigenvalue weighted by Gasteiger charge is -2.22. The summed E-state index contributed by atoms with van der Waals surface area (Å²) in [5.41, 5.74) is 2.77. The summed E-state index contributed by atoms with van der Waals surface area (Å²) in [7, 11) is 3.65. The highest BCUT2D eigenvalue weighted by Crippen LogP contribution is 2.19. The van der Waals surface area contributed by atoms with Gasteiger partial charge in [-0.1, -0.05) is 11.6 Å². The van der Waals surface area contributed by atoms with Crippen molar-refractivity contribution in [1.29, 1.82) is 0 Å². The molecule has 0 aliphatic rings. The van der Waals surface area contributed by atoms with Gasteiger partial charge in [-0.25, -0.2) is 0 Å². The second-order valence-corrected chi connectivity index (χ2v) is 5.71. The Labute approximate surface area is 129 Å². The Bertz CT molecular complexity index is 660. The lowest BCUT2D eigenvalue weighted by molar-refractivity contribution is -0.133. The minimum absolute atomic E-state index is 0.0129. The van der Waals surface area contributed by atoms with E-state index in [0.29, 0.717) is 11.6 Å². The molecular formula is C14H20ClN5O. The maximum Gasteiger partial charge on any atom is 0.247 e. The first-order valence-electron chi connectivity index (χ1n) is 6.75. The first-order valence-corrected chi connectivity index (χ1v) is 7.12. The fraction of sp³-hybridized carbons (Fsp3) is 0.500. The zero-order valence-electron chi connectivity index (χ0n) is 13.0. The van der Waals surface area contributed by atoms with Crippen molar-refractivity contribution in [3.63, 3.8) is 0 Å². The summed E-state index contributed by atoms with van der Waals surface area (Å²) in [6.07, 6.45) is 3.49. The van der Waals surface area contributed by atoms with Crippen LogP contribution in [-0.4, -0.2) is 37.4 Å². The Balaban J connectivity index is 2.12. The average Bonchev–Trinajstić information content (AvgIpc) is 2.91. The van der Waals surface area contributed by atoms with Crippen LogP contribution >= 0.6 is 11.6 Å². The molecule has 7 heteroatoms. The molecule has 1 amide bonds. The van der Waals surface area contributed by atoms with Crippen LogP contribution in [0.1, 0.15) is 29.9 Å². The highest BCUT2D eigenvalue weighted by Gasteiger charge is 2.22. The van der Waals surface area contributed by atoms with E-state index < -0.39 is 0 Å². The van der Waals surface area contributed by atoms with E-state index in [4.69, 9.17) is 11.6 Å². The van der Waals surface area contributed by atoms with Gasteiger partial charge in [-0.3, -0.25) is 14.2 Å². The van der Waals surface area contributed by atoms with Crippen molar-refractivity contribution in [2.45, 2.75) is 33.4 Å². The summed E-state index contributed by atoms with van der Waals surface area (Å²) in [6.45, 7) is 6.14. The number of likely N-dealkylation sites (N-methyl/N-ethyl adjacent to an activating group) is 1. The van der Waals surface area contributed by atoms with E-state index >= 15 is 0 Å². The molecule has 21 heavy (non-hydrogen) atoms. The maximum atomic E-state index is 12.5. The third kappa shape index (κ3) is 3.10. The third-order valence-electron chi connectivity index (χ3n) is 3.61. The molecule has 0 aliphatic heterocycles. The molecule has 0 bridgehead atoms. The number of aromatic nitrogens is 4. The standard InChI is InChI=1S/C14H20ClN5O/c1-9-12(8-19(5)17-9)7-18(4)14(21)11(3)20-10(2)13(15)6-16-20/h6,8,11H,7H2,1-5H3/t11-/m1/s1. The van der Waals surface area contributed by atoms with Crippen LogP contribution in [0.5, 0.6) is 0 Å². The van der Waals surface area contributed by atoms with Gasteiger partial charge in [0.2, 0.25) is 5.91 Å². The number of amides is 1. The Morgan fingerprint density at radius 2 is 2.14 bits per heavy atom. The second kappa shape index (κ2) is 5.89. The first-order chi connectivity index (χ1) is 9.81. The van der Waals surface area contributed by atoms with E-state index in [0.717, 1.165) is 17.0 Å². The van der Waals surface area contributed by atoms with Crippen LogP contribution < -0.4 is 0 Å². The van der Waals surface area contributed by atoms with Gasteiger partial charge in [0.15, 0.2) is 0 Å². The molecule has 2 aromatic heterocycles. The average molecular weight is 310 g/mol. The topological polar surface area (TPSA) is 56.0 Å². The molecule has 0 radical (unpaired) electrons. The summed E-state index contributed by atoms with van der Waals surface area (Å²) < 4.78 is 3.40. The fourth-order valence-corrected chi connectivity index (χ4v) is 2.48. The minimum atomic E-state index is -0.389. The fourth-order valence-electron chi connectivity index (χ4n) is 2.35. The molecular weight excluding hydrogens is 290 g/mol. The van der Waals surface area contributed by atoms with Gasteiger partial charge < -0.3 is 4.90 Å². The minimum Gasteiger partial charge on any atom is -0.339 e. The third-order valence-corrected chi connectivity index (χ3v) is 3.98. The van der Waals surface area contributed by atoms with Crippen molar-refractivity contribution in [1.82, 2.24) is 24.5 Å². The van der Waals surface area contributed by atoms with E-state index in [1.807, 2.05) is 34.0 Å². The van der Waals surface area contributed by atoms with Crippen LogP contribution in [0.25, 0.3) is 0 Å². The molecule has 0 spiro atoms. The molecule has 2 heterocycles. The predicted octanol–water partition coefficient (Wildman–Crippen LogP) is 2.11. The van der Waals surface area contributed by atoms with E-state index in [-0.39, 0.29) is 11.9 Å². The first kappa shape index (κ1) is 15.6. The number of hydrogen-bond acceptors (Lipinski definition) is 3. The smallest absolute Gasteiger partial charge is 0.247 e. The molecule has 0 saturated heterocycles. The molecule has 0 N–H and O–H groups in total. The van der Waals surface area contributed by atoms with Crippen LogP contribution in [-0.2, 0) is 18.4 Å². The maximum absolute atomic E-state index is 12.5.